The Labute approximate surface area is 183 Å². The highest BCUT2D eigenvalue weighted by Gasteiger charge is 2.11. The Balaban J connectivity index is 1.38. The Kier molecular flexibility index (Phi) is 9.18. The Morgan fingerprint density at radius 3 is 2.47 bits per heavy atom. The van der Waals surface area contributed by atoms with E-state index >= 15 is 0 Å². The summed E-state index contributed by atoms with van der Waals surface area (Å²) in [5.74, 6) is 0.807. The molecule has 1 aliphatic rings. The van der Waals surface area contributed by atoms with Gasteiger partial charge in [-0.05, 0) is 61.8 Å². The van der Waals surface area contributed by atoms with Crippen molar-refractivity contribution in [3.63, 3.8) is 0 Å². The predicted molar refractivity (Wildman–Crippen MR) is 125 cm³/mol. The summed E-state index contributed by atoms with van der Waals surface area (Å²) in [6, 6.07) is 12.5. The summed E-state index contributed by atoms with van der Waals surface area (Å²) in [5.41, 5.74) is 2.58. The monoisotopic (exact) mass is 427 g/mol. The van der Waals surface area contributed by atoms with Crippen molar-refractivity contribution in [1.29, 1.82) is 0 Å². The molecule has 3 rings (SSSR count). The van der Waals surface area contributed by atoms with Gasteiger partial charge in [-0.15, -0.1) is 11.3 Å². The third kappa shape index (κ3) is 7.46. The van der Waals surface area contributed by atoms with Gasteiger partial charge < -0.3 is 16.0 Å². The van der Waals surface area contributed by atoms with Gasteiger partial charge in [-0.3, -0.25) is 9.69 Å². The molecule has 1 aliphatic heterocycles. The lowest BCUT2D eigenvalue weighted by Gasteiger charge is -2.14. The third-order valence-corrected chi connectivity index (χ3v) is 5.94. The molecule has 2 heterocycles. The van der Waals surface area contributed by atoms with Crippen molar-refractivity contribution in [2.45, 2.75) is 39.3 Å². The van der Waals surface area contributed by atoms with Crippen LogP contribution in [0.15, 0.2) is 46.8 Å². The summed E-state index contributed by atoms with van der Waals surface area (Å²) in [6.45, 7) is 8.42. The maximum absolute atomic E-state index is 11.9. The van der Waals surface area contributed by atoms with Crippen LogP contribution in [0.25, 0.3) is 0 Å². The van der Waals surface area contributed by atoms with Crippen LogP contribution < -0.4 is 16.0 Å². The first kappa shape index (κ1) is 22.3. The van der Waals surface area contributed by atoms with Crippen molar-refractivity contribution in [2.24, 2.45) is 4.99 Å². The van der Waals surface area contributed by atoms with Crippen molar-refractivity contribution < 1.29 is 4.79 Å². The predicted octanol–water partition coefficient (Wildman–Crippen LogP) is 3.22. The number of guanidine groups is 1. The number of carbonyl (C=O) groups is 1. The van der Waals surface area contributed by atoms with Gasteiger partial charge >= 0.3 is 0 Å². The minimum Gasteiger partial charge on any atom is -0.357 e. The lowest BCUT2D eigenvalue weighted by Crippen LogP contribution is -2.38. The first-order valence-electron chi connectivity index (χ1n) is 10.9. The number of carbonyl (C=O) groups excluding carboxylic acids is 1. The number of amides is 1. The second-order valence-electron chi connectivity index (χ2n) is 7.51. The molecule has 30 heavy (non-hydrogen) atoms. The number of aliphatic imine (C=N–C) groups is 1. The van der Waals surface area contributed by atoms with E-state index in [1.165, 1.54) is 48.4 Å². The van der Waals surface area contributed by atoms with Crippen LogP contribution in [-0.2, 0) is 13.1 Å². The lowest BCUT2D eigenvalue weighted by molar-refractivity contribution is 0.0957. The van der Waals surface area contributed by atoms with E-state index in [9.17, 15) is 4.79 Å². The first-order chi connectivity index (χ1) is 14.7. The number of nitrogens with one attached hydrogen (secondary N) is 3. The summed E-state index contributed by atoms with van der Waals surface area (Å²) < 4.78 is 0. The number of rotatable bonds is 10. The van der Waals surface area contributed by atoms with Gasteiger partial charge in [0.15, 0.2) is 5.96 Å². The van der Waals surface area contributed by atoms with Gasteiger partial charge in [0.2, 0.25) is 0 Å². The molecular formula is C23H33N5OS. The number of nitrogens with zero attached hydrogens (tertiary/aromatic N) is 2. The van der Waals surface area contributed by atoms with E-state index in [1.54, 1.807) is 0 Å². The van der Waals surface area contributed by atoms with Crippen molar-refractivity contribution in [3.05, 3.63) is 57.8 Å². The Hall–Kier alpha value is -2.38. The average molecular weight is 428 g/mol. The molecule has 1 aromatic carbocycles. The molecule has 0 radical (unpaired) electrons. The van der Waals surface area contributed by atoms with Crippen molar-refractivity contribution in [1.82, 2.24) is 20.9 Å². The van der Waals surface area contributed by atoms with E-state index < -0.39 is 0 Å². The first-order valence-corrected chi connectivity index (χ1v) is 11.8. The zero-order chi connectivity index (χ0) is 21.0. The molecule has 1 amide bonds. The molecule has 7 heteroatoms. The van der Waals surface area contributed by atoms with Crippen molar-refractivity contribution in [3.8, 4) is 0 Å². The number of thiophene rings is 1. The molecule has 6 nitrogen and oxygen atoms in total. The van der Waals surface area contributed by atoms with Gasteiger partial charge in [0.05, 0.1) is 11.4 Å². The van der Waals surface area contributed by atoms with Crippen LogP contribution in [0.1, 0.15) is 47.0 Å². The van der Waals surface area contributed by atoms with E-state index in [0.29, 0.717) is 13.1 Å². The lowest BCUT2D eigenvalue weighted by atomic mass is 10.1. The number of likely N-dealkylation sites (tertiary alicyclic amines) is 1. The van der Waals surface area contributed by atoms with Crippen molar-refractivity contribution >= 4 is 23.2 Å². The highest BCUT2D eigenvalue weighted by atomic mass is 32.1. The topological polar surface area (TPSA) is 68.8 Å². The fraction of sp³-hybridized carbons (Fsp3) is 0.478. The van der Waals surface area contributed by atoms with Crippen LogP contribution in [0.2, 0.25) is 0 Å². The number of hydrogen-bond donors (Lipinski definition) is 3. The highest BCUT2D eigenvalue weighted by molar-refractivity contribution is 7.12. The molecule has 0 spiro atoms. The summed E-state index contributed by atoms with van der Waals surface area (Å²) >= 11 is 1.46. The maximum Gasteiger partial charge on any atom is 0.261 e. The number of hydrogen-bond acceptors (Lipinski definition) is 4. The Bertz CT molecular complexity index is 782. The number of benzene rings is 1. The summed E-state index contributed by atoms with van der Waals surface area (Å²) in [4.78, 5) is 19.9. The van der Waals surface area contributed by atoms with E-state index in [-0.39, 0.29) is 5.91 Å². The van der Waals surface area contributed by atoms with Gasteiger partial charge in [0.25, 0.3) is 5.91 Å². The van der Waals surface area contributed by atoms with Crippen LogP contribution in [0, 0.1) is 0 Å². The minimum absolute atomic E-state index is 0.00116. The third-order valence-electron chi connectivity index (χ3n) is 5.07. The van der Waals surface area contributed by atoms with E-state index in [2.05, 4.69) is 57.0 Å². The quantitative estimate of drug-likeness (QED) is 0.309. The molecule has 162 valence electrons. The van der Waals surface area contributed by atoms with E-state index in [4.69, 9.17) is 0 Å². The molecule has 0 bridgehead atoms. The summed E-state index contributed by atoms with van der Waals surface area (Å²) in [5, 5.41) is 11.5. The molecule has 0 unspecified atom stereocenters. The average Bonchev–Trinajstić information content (AvgIpc) is 3.47. The molecule has 0 aliphatic carbocycles. The van der Waals surface area contributed by atoms with Crippen LogP contribution in [0.4, 0.5) is 0 Å². The molecule has 1 aromatic heterocycles. The minimum atomic E-state index is -0.00116. The maximum atomic E-state index is 11.9. The van der Waals surface area contributed by atoms with E-state index in [1.807, 2.05) is 17.5 Å². The fourth-order valence-corrected chi connectivity index (χ4v) is 4.09. The zero-order valence-corrected chi connectivity index (χ0v) is 18.6. The van der Waals surface area contributed by atoms with E-state index in [0.717, 1.165) is 36.9 Å². The molecule has 0 atom stereocenters. The molecule has 1 saturated heterocycles. The van der Waals surface area contributed by atoms with Crippen LogP contribution in [-0.4, -0.2) is 49.5 Å². The van der Waals surface area contributed by atoms with Gasteiger partial charge in [0.1, 0.15) is 0 Å². The van der Waals surface area contributed by atoms with Gasteiger partial charge in [0, 0.05) is 26.2 Å². The molecular weight excluding hydrogens is 394 g/mol. The normalized spacial score (nSPS) is 14.6. The van der Waals surface area contributed by atoms with Gasteiger partial charge in [-0.2, -0.15) is 0 Å². The standard InChI is InChI=1S/C23H33N5OS/c1-2-24-23(26-13-6-12-25-22(29)21-7-5-16-30-21)27-17-19-8-10-20(11-9-19)18-28-14-3-4-15-28/h5,7-11,16H,2-4,6,12-15,17-18H2,1H3,(H,25,29)(H2,24,26,27). The summed E-state index contributed by atoms with van der Waals surface area (Å²) in [6.07, 6.45) is 3.49. The molecule has 1 fully saturated rings. The summed E-state index contributed by atoms with van der Waals surface area (Å²) in [7, 11) is 0. The zero-order valence-electron chi connectivity index (χ0n) is 17.8. The van der Waals surface area contributed by atoms with Gasteiger partial charge in [-0.25, -0.2) is 4.99 Å². The smallest absolute Gasteiger partial charge is 0.261 e. The largest absolute Gasteiger partial charge is 0.357 e. The second-order valence-corrected chi connectivity index (χ2v) is 8.46. The molecule has 2 aromatic rings. The van der Waals surface area contributed by atoms with Crippen LogP contribution >= 0.6 is 11.3 Å². The highest BCUT2D eigenvalue weighted by Crippen LogP contribution is 2.13. The fourth-order valence-electron chi connectivity index (χ4n) is 3.45. The van der Waals surface area contributed by atoms with Crippen LogP contribution in [0.3, 0.4) is 0 Å². The van der Waals surface area contributed by atoms with Crippen molar-refractivity contribution in [2.75, 3.05) is 32.7 Å². The molecule has 0 saturated carbocycles. The SMILES string of the molecule is CCNC(=NCc1ccc(CN2CCCC2)cc1)NCCCNC(=O)c1cccs1. The molecule has 3 N–H and O–H groups in total. The Morgan fingerprint density at radius 2 is 1.77 bits per heavy atom. The van der Waals surface area contributed by atoms with Gasteiger partial charge in [-0.1, -0.05) is 30.3 Å². The second kappa shape index (κ2) is 12.3. The Morgan fingerprint density at radius 1 is 1.03 bits per heavy atom. The van der Waals surface area contributed by atoms with Crippen LogP contribution in [0.5, 0.6) is 0 Å².